The lowest BCUT2D eigenvalue weighted by Gasteiger charge is -2.43. The van der Waals surface area contributed by atoms with Gasteiger partial charge in [0, 0.05) is 12.6 Å². The number of nitrogens with one attached hydrogen (secondary N) is 3. The van der Waals surface area contributed by atoms with Crippen LogP contribution in [0.3, 0.4) is 0 Å². The van der Waals surface area contributed by atoms with Gasteiger partial charge in [0.2, 0.25) is 0 Å². The average molecular weight is 407 g/mol. The number of nitrogens with zero attached hydrogens (tertiary/aromatic N) is 1. The van der Waals surface area contributed by atoms with Crippen molar-refractivity contribution < 1.29 is 14.3 Å². The Morgan fingerprint density at radius 2 is 2.07 bits per heavy atom. The quantitative estimate of drug-likeness (QED) is 0.509. The summed E-state index contributed by atoms with van der Waals surface area (Å²) in [6.45, 7) is 0.543. The fourth-order valence-corrected chi connectivity index (χ4v) is 3.97. The van der Waals surface area contributed by atoms with E-state index in [1.54, 1.807) is 0 Å². The molecule has 7 nitrogen and oxygen atoms in total. The van der Waals surface area contributed by atoms with Crippen LogP contribution in [0.1, 0.15) is 24.8 Å². The van der Waals surface area contributed by atoms with Gasteiger partial charge in [-0.3, -0.25) is 15.0 Å². The number of carbonyl (C=O) groups excluding carboxylic acids is 2. The Morgan fingerprint density at radius 1 is 1.33 bits per heavy atom. The van der Waals surface area contributed by atoms with Crippen molar-refractivity contribution in [3.63, 3.8) is 0 Å². The number of fused-ring (bicyclic) bond motifs is 1. The summed E-state index contributed by atoms with van der Waals surface area (Å²) in [4.78, 5) is 24.6. The van der Waals surface area contributed by atoms with E-state index in [9.17, 15) is 9.59 Å². The minimum absolute atomic E-state index is 0.129. The molecule has 0 aromatic heterocycles. The fraction of sp³-hybridized carbons (Fsp3) is 0.444. The van der Waals surface area contributed by atoms with Crippen LogP contribution in [0.25, 0.3) is 0 Å². The standard InChI is InChI=1S/C18H22N4O3S2/c1-25-16(24)12-7-8-13-14(9-12)20-18(27)22(15(13)23)21-17(26)19-10-11-5-3-2-4-6-11/h2-6,12-14H,7-10H2,1H3,(H,20,27)(H2,19,21,26). The van der Waals surface area contributed by atoms with E-state index in [1.165, 1.54) is 12.1 Å². The predicted octanol–water partition coefficient (Wildman–Crippen LogP) is 1.24. The van der Waals surface area contributed by atoms with Crippen molar-refractivity contribution in [1.29, 1.82) is 0 Å². The molecule has 1 aliphatic heterocycles. The van der Waals surface area contributed by atoms with Crippen LogP contribution in [0.4, 0.5) is 0 Å². The number of thiocarbonyl (C=S) groups is 2. The van der Waals surface area contributed by atoms with E-state index in [0.717, 1.165) is 5.56 Å². The molecule has 1 aromatic rings. The highest BCUT2D eigenvalue weighted by molar-refractivity contribution is 7.80. The largest absolute Gasteiger partial charge is 0.469 e. The highest BCUT2D eigenvalue weighted by atomic mass is 32.1. The first-order valence-electron chi connectivity index (χ1n) is 8.80. The molecule has 1 amide bonds. The molecule has 1 saturated heterocycles. The van der Waals surface area contributed by atoms with Crippen molar-refractivity contribution in [3.8, 4) is 0 Å². The van der Waals surface area contributed by atoms with Gasteiger partial charge < -0.3 is 15.4 Å². The van der Waals surface area contributed by atoms with Crippen LogP contribution in [0, 0.1) is 11.8 Å². The first-order valence-corrected chi connectivity index (χ1v) is 9.62. The summed E-state index contributed by atoms with van der Waals surface area (Å²) in [5.41, 5.74) is 3.95. The molecule has 1 saturated carbocycles. The molecule has 3 unspecified atom stereocenters. The monoisotopic (exact) mass is 406 g/mol. The van der Waals surface area contributed by atoms with Crippen molar-refractivity contribution in [2.24, 2.45) is 11.8 Å². The molecule has 1 aliphatic carbocycles. The van der Waals surface area contributed by atoms with E-state index in [0.29, 0.717) is 30.9 Å². The van der Waals surface area contributed by atoms with Gasteiger partial charge >= 0.3 is 5.97 Å². The summed E-state index contributed by atoms with van der Waals surface area (Å²) in [6, 6.07) is 9.65. The van der Waals surface area contributed by atoms with Crippen LogP contribution in [0.2, 0.25) is 0 Å². The number of benzene rings is 1. The normalized spacial score (nSPS) is 24.5. The Labute approximate surface area is 168 Å². The van der Waals surface area contributed by atoms with Crippen LogP contribution < -0.4 is 16.1 Å². The maximum atomic E-state index is 12.9. The summed E-state index contributed by atoms with van der Waals surface area (Å²) >= 11 is 10.6. The second-order valence-corrected chi connectivity index (χ2v) is 7.44. The molecule has 3 rings (SSSR count). The first-order chi connectivity index (χ1) is 13.0. The molecule has 144 valence electrons. The van der Waals surface area contributed by atoms with E-state index in [-0.39, 0.29) is 34.9 Å². The van der Waals surface area contributed by atoms with Gasteiger partial charge in [0.25, 0.3) is 5.91 Å². The molecule has 1 aromatic carbocycles. The topological polar surface area (TPSA) is 82.7 Å². The first kappa shape index (κ1) is 19.5. The summed E-state index contributed by atoms with van der Waals surface area (Å²) in [6.07, 6.45) is 1.76. The molecule has 3 atom stereocenters. The molecular formula is C18H22N4O3S2. The number of hydrogen-bond donors (Lipinski definition) is 3. The number of rotatable bonds is 4. The molecule has 9 heteroatoms. The third kappa shape index (κ3) is 4.54. The van der Waals surface area contributed by atoms with E-state index < -0.39 is 0 Å². The molecule has 3 N–H and O–H groups in total. The van der Waals surface area contributed by atoms with Gasteiger partial charge in [0.15, 0.2) is 10.2 Å². The lowest BCUT2D eigenvalue weighted by atomic mass is 9.77. The lowest BCUT2D eigenvalue weighted by Crippen LogP contribution is -2.66. The summed E-state index contributed by atoms with van der Waals surface area (Å²) < 4.78 is 4.83. The van der Waals surface area contributed by atoms with Gasteiger partial charge in [-0.1, -0.05) is 30.3 Å². The number of hydrazine groups is 1. The highest BCUT2D eigenvalue weighted by Gasteiger charge is 2.44. The van der Waals surface area contributed by atoms with Crippen molar-refractivity contribution in [2.45, 2.75) is 31.8 Å². The molecule has 0 bridgehead atoms. The summed E-state index contributed by atoms with van der Waals surface area (Å²) in [5, 5.41) is 8.10. The maximum absolute atomic E-state index is 12.9. The highest BCUT2D eigenvalue weighted by Crippen LogP contribution is 2.33. The van der Waals surface area contributed by atoms with Gasteiger partial charge in [-0.25, -0.2) is 0 Å². The zero-order chi connectivity index (χ0) is 19.4. The third-order valence-electron chi connectivity index (χ3n) is 4.94. The molecule has 27 heavy (non-hydrogen) atoms. The smallest absolute Gasteiger partial charge is 0.308 e. The zero-order valence-electron chi connectivity index (χ0n) is 14.9. The third-order valence-corrected chi connectivity index (χ3v) is 5.48. The molecule has 0 radical (unpaired) electrons. The van der Waals surface area contributed by atoms with E-state index in [1.807, 2.05) is 30.3 Å². The number of ether oxygens (including phenoxy) is 1. The molecule has 2 aliphatic rings. The maximum Gasteiger partial charge on any atom is 0.308 e. The van der Waals surface area contributed by atoms with E-state index >= 15 is 0 Å². The molecule has 0 spiro atoms. The zero-order valence-corrected chi connectivity index (χ0v) is 16.6. The predicted molar refractivity (Wildman–Crippen MR) is 108 cm³/mol. The van der Waals surface area contributed by atoms with Crippen LogP contribution in [0.15, 0.2) is 30.3 Å². The Kier molecular flexibility index (Phi) is 6.22. The van der Waals surface area contributed by atoms with Crippen molar-refractivity contribution in [3.05, 3.63) is 35.9 Å². The summed E-state index contributed by atoms with van der Waals surface area (Å²) in [7, 11) is 1.38. The van der Waals surface area contributed by atoms with Crippen molar-refractivity contribution >= 4 is 46.5 Å². The molecular weight excluding hydrogens is 384 g/mol. The Balaban J connectivity index is 1.57. The SMILES string of the molecule is COC(=O)C1CCC2C(=O)N(NC(=S)NCc3ccccc3)C(=S)NC2C1. The van der Waals surface area contributed by atoms with Crippen molar-refractivity contribution in [1.82, 2.24) is 21.1 Å². The van der Waals surface area contributed by atoms with Gasteiger partial charge in [0.1, 0.15) is 0 Å². The second kappa shape index (κ2) is 8.62. The molecule has 2 fully saturated rings. The van der Waals surface area contributed by atoms with Gasteiger partial charge in [-0.15, -0.1) is 0 Å². The van der Waals surface area contributed by atoms with Crippen LogP contribution >= 0.6 is 24.4 Å². The van der Waals surface area contributed by atoms with E-state index in [2.05, 4.69) is 16.1 Å². The number of esters is 1. The van der Waals surface area contributed by atoms with Crippen LogP contribution in [-0.2, 0) is 20.9 Å². The average Bonchev–Trinajstić information content (AvgIpc) is 2.69. The number of amides is 1. The Morgan fingerprint density at radius 3 is 2.78 bits per heavy atom. The van der Waals surface area contributed by atoms with Gasteiger partial charge in [0.05, 0.1) is 18.9 Å². The van der Waals surface area contributed by atoms with E-state index in [4.69, 9.17) is 29.2 Å². The number of carbonyl (C=O) groups is 2. The minimum atomic E-state index is -0.248. The van der Waals surface area contributed by atoms with Gasteiger partial charge in [-0.05, 0) is 49.3 Å². The fourth-order valence-electron chi connectivity index (χ4n) is 3.52. The Hall–Kier alpha value is -2.26. The minimum Gasteiger partial charge on any atom is -0.469 e. The Bertz CT molecular complexity index is 743. The van der Waals surface area contributed by atoms with Crippen LogP contribution in [-0.4, -0.2) is 40.3 Å². The second-order valence-electron chi connectivity index (χ2n) is 6.65. The lowest BCUT2D eigenvalue weighted by molar-refractivity contribution is -0.149. The molecule has 1 heterocycles. The van der Waals surface area contributed by atoms with Crippen LogP contribution in [0.5, 0.6) is 0 Å². The summed E-state index contributed by atoms with van der Waals surface area (Å²) in [5.74, 6) is -0.814. The van der Waals surface area contributed by atoms with Gasteiger partial charge in [-0.2, -0.15) is 5.01 Å². The number of hydrogen-bond acceptors (Lipinski definition) is 5. The van der Waals surface area contributed by atoms with Crippen molar-refractivity contribution in [2.75, 3.05) is 7.11 Å². The number of methoxy groups -OCH3 is 1.